The third kappa shape index (κ3) is 7.28. The zero-order chi connectivity index (χ0) is 46.1. The number of amides is 1. The van der Waals surface area contributed by atoms with Crippen molar-refractivity contribution in [2.75, 3.05) is 6.61 Å². The second kappa shape index (κ2) is 16.2. The Morgan fingerprint density at radius 1 is 1.00 bits per heavy atom. The molecule has 1 amide bonds. The van der Waals surface area contributed by atoms with E-state index in [9.17, 15) is 39.0 Å². The van der Waals surface area contributed by atoms with Crippen LogP contribution in [0.3, 0.4) is 0 Å². The molecular weight excluding hydrogens is 810 g/mol. The lowest BCUT2D eigenvalue weighted by molar-refractivity contribution is -0.345. The van der Waals surface area contributed by atoms with E-state index < -0.39 is 124 Å². The largest absolute Gasteiger partial charge is 0.509 e. The second-order valence-electron chi connectivity index (χ2n) is 18.8. The first kappa shape index (κ1) is 46.4. The number of nitrogens with one attached hydrogen (secondary N) is 1. The standard InChI is InChI=1S/C45H57NO16/c1-12-28(49)57-32-29-22(4)31(58-38(53)30(50)25(18-21(2)3)46-39(54)41(6,7)8)35-45(42(29,9)10,62-40(55)60-35)36(59-37(52)24-16-14-13-15-17-24)33-43(11,34(32)51)26(48)19-27-44(33,20-56-27)61-23(5)47/h13-18,25-27,30-33,35-36,48,50H,12,19-20H2,1-11H3,(H,46,54)/t25-,26-,27+,30+,31+,32+,33-,35-,36-,43+,44-,45+/m0/s1. The number of aliphatic hydroxyl groups excluding tert-OH is 2. The Bertz CT molecular complexity index is 2100. The summed E-state index contributed by atoms with van der Waals surface area (Å²) < 4.78 is 43.0. The number of carbonyl (C=O) groups excluding carboxylic acids is 7. The first-order valence-electron chi connectivity index (χ1n) is 20.7. The van der Waals surface area contributed by atoms with Crippen LogP contribution in [0.15, 0.2) is 53.1 Å². The van der Waals surface area contributed by atoms with Crippen LogP contribution in [0.25, 0.3) is 0 Å². The minimum atomic E-state index is -2.35. The Hall–Kier alpha value is -5.13. The van der Waals surface area contributed by atoms with Gasteiger partial charge in [-0.2, -0.15) is 0 Å². The van der Waals surface area contributed by atoms with Gasteiger partial charge < -0.3 is 48.7 Å². The number of hydrogen-bond donors (Lipinski definition) is 3. The Morgan fingerprint density at radius 2 is 1.65 bits per heavy atom. The molecule has 1 aromatic rings. The molecule has 17 nitrogen and oxygen atoms in total. The van der Waals surface area contributed by atoms with Gasteiger partial charge in [-0.15, -0.1) is 0 Å². The number of fused-ring (bicyclic) bond motifs is 4. The van der Waals surface area contributed by atoms with E-state index in [-0.39, 0.29) is 36.2 Å². The summed E-state index contributed by atoms with van der Waals surface area (Å²) >= 11 is 0. The first-order valence-corrected chi connectivity index (χ1v) is 20.7. The molecule has 3 N–H and O–H groups in total. The first-order chi connectivity index (χ1) is 28.8. The molecule has 62 heavy (non-hydrogen) atoms. The van der Waals surface area contributed by atoms with E-state index in [0.29, 0.717) is 5.57 Å². The fraction of sp³-hybridized carbons (Fsp3) is 0.622. The number of allylic oxidation sites excluding steroid dienone is 1. The van der Waals surface area contributed by atoms with Crippen LogP contribution >= 0.6 is 0 Å². The van der Waals surface area contributed by atoms with Gasteiger partial charge in [0.05, 0.1) is 35.6 Å². The summed E-state index contributed by atoms with van der Waals surface area (Å²) in [4.78, 5) is 98.1. The number of Topliss-reactive ketones (excluding diaryl/α,β-unsaturated/α-hetero) is 1. The second-order valence-corrected chi connectivity index (χ2v) is 18.8. The highest BCUT2D eigenvalue weighted by molar-refractivity contribution is 5.96. The third-order valence-corrected chi connectivity index (χ3v) is 13.2. The fourth-order valence-electron chi connectivity index (χ4n) is 10.1. The van der Waals surface area contributed by atoms with E-state index in [1.54, 1.807) is 66.7 Å². The molecule has 0 unspecified atom stereocenters. The molecule has 1 spiro atoms. The summed E-state index contributed by atoms with van der Waals surface area (Å²) in [6, 6.07) is 6.44. The van der Waals surface area contributed by atoms with E-state index in [1.807, 2.05) is 0 Å². The van der Waals surface area contributed by atoms with Gasteiger partial charge in [0.15, 0.2) is 41.9 Å². The number of rotatable bonds is 10. The Kier molecular flexibility index (Phi) is 12.1. The smallest absolute Gasteiger partial charge is 0.454 e. The number of ether oxygens (including phenoxy) is 7. The molecule has 17 heteroatoms. The molecule has 1 aromatic carbocycles. The van der Waals surface area contributed by atoms with Gasteiger partial charge in [0.25, 0.3) is 0 Å². The Balaban J connectivity index is 1.65. The van der Waals surface area contributed by atoms with Crippen LogP contribution in [-0.2, 0) is 57.1 Å². The number of benzene rings is 1. The molecule has 2 saturated heterocycles. The monoisotopic (exact) mass is 867 g/mol. The molecule has 3 aliphatic carbocycles. The average Bonchev–Trinajstić information content (AvgIpc) is 3.55. The van der Waals surface area contributed by atoms with E-state index in [0.717, 1.165) is 6.92 Å². The van der Waals surface area contributed by atoms with Gasteiger partial charge in [0.1, 0.15) is 6.10 Å². The van der Waals surface area contributed by atoms with Crippen molar-refractivity contribution in [1.82, 2.24) is 5.32 Å². The summed E-state index contributed by atoms with van der Waals surface area (Å²) in [5.74, 6) is -6.93. The Morgan fingerprint density at radius 3 is 2.19 bits per heavy atom. The van der Waals surface area contributed by atoms with Crippen LogP contribution in [0.5, 0.6) is 0 Å². The van der Waals surface area contributed by atoms with Gasteiger partial charge in [0, 0.05) is 30.6 Å². The molecule has 0 aromatic heterocycles. The molecular formula is C45H57NO16. The molecule has 4 fully saturated rings. The summed E-state index contributed by atoms with van der Waals surface area (Å²) in [6.07, 6.45) is -12.3. The normalized spacial score (nSPS) is 34.0. The molecule has 2 bridgehead atoms. The molecule has 6 rings (SSSR count). The van der Waals surface area contributed by atoms with Crippen molar-refractivity contribution in [3.05, 3.63) is 58.7 Å². The minimum absolute atomic E-state index is 0.0316. The molecule has 5 aliphatic rings. The highest BCUT2D eigenvalue weighted by Gasteiger charge is 2.83. The van der Waals surface area contributed by atoms with E-state index in [2.05, 4.69) is 5.32 Å². The molecule has 2 saturated carbocycles. The van der Waals surface area contributed by atoms with Gasteiger partial charge >= 0.3 is 30.0 Å². The number of hydrogen-bond acceptors (Lipinski definition) is 16. The van der Waals surface area contributed by atoms with Crippen LogP contribution in [-0.4, -0.2) is 119 Å². The van der Waals surface area contributed by atoms with Crippen molar-refractivity contribution in [2.24, 2.45) is 22.2 Å². The van der Waals surface area contributed by atoms with Gasteiger partial charge in [-0.1, -0.05) is 71.4 Å². The van der Waals surface area contributed by atoms with Crippen LogP contribution in [0, 0.1) is 22.2 Å². The van der Waals surface area contributed by atoms with Crippen molar-refractivity contribution in [3.8, 4) is 0 Å². The summed E-state index contributed by atoms with van der Waals surface area (Å²) in [6.45, 7) is 16.6. The van der Waals surface area contributed by atoms with Gasteiger partial charge in [-0.05, 0) is 51.0 Å². The van der Waals surface area contributed by atoms with E-state index in [4.69, 9.17) is 33.2 Å². The van der Waals surface area contributed by atoms with Crippen LogP contribution in [0.4, 0.5) is 4.79 Å². The number of carbonyl (C=O) groups is 7. The topological polar surface area (TPSA) is 237 Å². The van der Waals surface area contributed by atoms with Crippen molar-refractivity contribution in [1.29, 1.82) is 0 Å². The zero-order valence-corrected chi connectivity index (χ0v) is 36.9. The van der Waals surface area contributed by atoms with E-state index >= 15 is 4.79 Å². The SMILES string of the molecule is CCC(=O)O[C@H]1C(=O)[C@@]2(C)[C@H]([C@H](OC(=O)c3ccccc3)[C@]34OC(=O)O[C@H]3[C@H](OC(=O)[C@H](O)[C@H](C=C(C)C)NC(=O)C(C)(C)C)C(C)=C1C4(C)C)[C@]1(OC(C)=O)CO[C@@H]1C[C@@H]2O. The van der Waals surface area contributed by atoms with Crippen LogP contribution in [0.2, 0.25) is 0 Å². The van der Waals surface area contributed by atoms with Crippen molar-refractivity contribution < 1.29 is 76.9 Å². The molecule has 338 valence electrons. The van der Waals surface area contributed by atoms with Gasteiger partial charge in [-0.25, -0.2) is 14.4 Å². The number of aliphatic hydroxyl groups is 2. The molecule has 2 aliphatic heterocycles. The van der Waals surface area contributed by atoms with Crippen molar-refractivity contribution in [3.63, 3.8) is 0 Å². The lowest BCUT2D eigenvalue weighted by Gasteiger charge is -2.67. The fourth-order valence-corrected chi connectivity index (χ4v) is 10.1. The summed E-state index contributed by atoms with van der Waals surface area (Å²) in [7, 11) is 0. The quantitative estimate of drug-likeness (QED) is 0.173. The lowest BCUT2D eigenvalue weighted by atomic mass is 9.44. The maximum atomic E-state index is 15.7. The number of esters is 4. The highest BCUT2D eigenvalue weighted by Crippen LogP contribution is 2.67. The predicted molar refractivity (Wildman–Crippen MR) is 215 cm³/mol. The van der Waals surface area contributed by atoms with Gasteiger partial charge in [-0.3, -0.25) is 19.2 Å². The molecule has 12 atom stereocenters. The van der Waals surface area contributed by atoms with Crippen molar-refractivity contribution in [2.45, 2.75) is 149 Å². The van der Waals surface area contributed by atoms with E-state index in [1.165, 1.54) is 39.0 Å². The number of ketones is 1. The third-order valence-electron chi connectivity index (χ3n) is 13.2. The lowest BCUT2D eigenvalue weighted by Crippen LogP contribution is -2.83. The van der Waals surface area contributed by atoms with Crippen LogP contribution < -0.4 is 5.32 Å². The minimum Gasteiger partial charge on any atom is -0.454 e. The van der Waals surface area contributed by atoms with Crippen LogP contribution in [0.1, 0.15) is 99.4 Å². The Labute approximate surface area is 359 Å². The average molecular weight is 868 g/mol. The maximum Gasteiger partial charge on any atom is 0.509 e. The van der Waals surface area contributed by atoms with Crippen molar-refractivity contribution >= 4 is 41.7 Å². The highest BCUT2D eigenvalue weighted by atomic mass is 16.8. The molecule has 0 radical (unpaired) electrons. The zero-order valence-electron chi connectivity index (χ0n) is 36.9. The summed E-state index contributed by atoms with van der Waals surface area (Å²) in [5.41, 5.74) is -8.31. The molecule has 2 heterocycles. The van der Waals surface area contributed by atoms with Gasteiger partial charge in [0.2, 0.25) is 11.5 Å². The predicted octanol–water partition coefficient (Wildman–Crippen LogP) is 3.60. The maximum absolute atomic E-state index is 15.7. The summed E-state index contributed by atoms with van der Waals surface area (Å²) in [5, 5.41) is 26.5.